The molecule has 0 aromatic heterocycles. The molecular formula is C14H21FN2O. The summed E-state index contributed by atoms with van der Waals surface area (Å²) in [5, 5.41) is 3.34. The van der Waals surface area contributed by atoms with E-state index in [1.807, 2.05) is 6.07 Å². The lowest BCUT2D eigenvalue weighted by molar-refractivity contribution is 0.238. The number of methoxy groups -OCH3 is 1. The molecule has 18 heavy (non-hydrogen) atoms. The SMILES string of the molecule is COc1ccc(CCCN2CCNCC2)cc1F. The standard InChI is InChI=1S/C14H21FN2O/c1-18-14-5-4-12(11-13(14)15)3-2-8-17-9-6-16-7-10-17/h4-5,11,16H,2-3,6-10H2,1H3. The molecule has 0 saturated carbocycles. The lowest BCUT2D eigenvalue weighted by Gasteiger charge is -2.27. The zero-order valence-electron chi connectivity index (χ0n) is 10.9. The molecule has 4 heteroatoms. The molecule has 1 N–H and O–H groups in total. The van der Waals surface area contributed by atoms with Crippen molar-refractivity contribution in [2.24, 2.45) is 0 Å². The second-order valence-electron chi connectivity index (χ2n) is 4.66. The normalized spacial score (nSPS) is 16.8. The Kier molecular flexibility index (Phi) is 4.96. The van der Waals surface area contributed by atoms with Crippen molar-refractivity contribution in [1.82, 2.24) is 10.2 Å². The highest BCUT2D eigenvalue weighted by molar-refractivity contribution is 5.29. The van der Waals surface area contributed by atoms with Crippen molar-refractivity contribution in [3.63, 3.8) is 0 Å². The molecule has 0 radical (unpaired) electrons. The molecule has 2 rings (SSSR count). The van der Waals surface area contributed by atoms with Crippen molar-refractivity contribution in [1.29, 1.82) is 0 Å². The Balaban J connectivity index is 1.77. The second kappa shape index (κ2) is 6.71. The number of hydrogen-bond donors (Lipinski definition) is 1. The van der Waals surface area contributed by atoms with Crippen LogP contribution in [0.3, 0.4) is 0 Å². The maximum Gasteiger partial charge on any atom is 0.165 e. The van der Waals surface area contributed by atoms with Gasteiger partial charge in [-0.15, -0.1) is 0 Å². The Morgan fingerprint density at radius 3 is 2.78 bits per heavy atom. The molecule has 3 nitrogen and oxygen atoms in total. The lowest BCUT2D eigenvalue weighted by atomic mass is 10.1. The molecule has 1 heterocycles. The van der Waals surface area contributed by atoms with Gasteiger partial charge < -0.3 is 15.0 Å². The van der Waals surface area contributed by atoms with E-state index >= 15 is 0 Å². The van der Waals surface area contributed by atoms with Crippen LogP contribution in [0, 0.1) is 5.82 Å². The van der Waals surface area contributed by atoms with Crippen LogP contribution in [-0.4, -0.2) is 44.7 Å². The number of benzene rings is 1. The predicted octanol–water partition coefficient (Wildman–Crippen LogP) is 1.67. The van der Waals surface area contributed by atoms with Crippen molar-refractivity contribution in [3.8, 4) is 5.75 Å². The van der Waals surface area contributed by atoms with E-state index in [4.69, 9.17) is 4.74 Å². The summed E-state index contributed by atoms with van der Waals surface area (Å²) in [4.78, 5) is 2.45. The summed E-state index contributed by atoms with van der Waals surface area (Å²) < 4.78 is 18.4. The number of halogens is 1. The number of rotatable bonds is 5. The number of nitrogens with zero attached hydrogens (tertiary/aromatic N) is 1. The van der Waals surface area contributed by atoms with Crippen LogP contribution in [-0.2, 0) is 6.42 Å². The summed E-state index contributed by atoms with van der Waals surface area (Å²) in [6.07, 6.45) is 2.00. The minimum absolute atomic E-state index is 0.267. The fourth-order valence-corrected chi connectivity index (χ4v) is 2.31. The van der Waals surface area contributed by atoms with Gasteiger partial charge in [0.25, 0.3) is 0 Å². The Labute approximate surface area is 108 Å². The van der Waals surface area contributed by atoms with Gasteiger partial charge in [-0.2, -0.15) is 0 Å². The monoisotopic (exact) mass is 252 g/mol. The Morgan fingerprint density at radius 1 is 1.33 bits per heavy atom. The van der Waals surface area contributed by atoms with Crippen LogP contribution in [0.2, 0.25) is 0 Å². The third-order valence-electron chi connectivity index (χ3n) is 3.37. The van der Waals surface area contributed by atoms with Crippen molar-refractivity contribution in [2.75, 3.05) is 39.8 Å². The Bertz CT molecular complexity index is 378. The second-order valence-corrected chi connectivity index (χ2v) is 4.66. The van der Waals surface area contributed by atoms with Crippen LogP contribution in [0.1, 0.15) is 12.0 Å². The molecule has 0 aliphatic carbocycles. The molecule has 0 spiro atoms. The topological polar surface area (TPSA) is 24.5 Å². The summed E-state index contributed by atoms with van der Waals surface area (Å²) in [7, 11) is 1.49. The van der Waals surface area contributed by atoms with Gasteiger partial charge in [0.1, 0.15) is 0 Å². The smallest absolute Gasteiger partial charge is 0.165 e. The molecule has 0 unspecified atom stereocenters. The Morgan fingerprint density at radius 2 is 2.11 bits per heavy atom. The van der Waals surface area contributed by atoms with Crippen LogP contribution >= 0.6 is 0 Å². The third kappa shape index (κ3) is 3.68. The van der Waals surface area contributed by atoms with Gasteiger partial charge in [-0.3, -0.25) is 0 Å². The van der Waals surface area contributed by atoms with Crippen LogP contribution in [0.4, 0.5) is 4.39 Å². The first-order valence-corrected chi connectivity index (χ1v) is 6.55. The van der Waals surface area contributed by atoms with Gasteiger partial charge in [0, 0.05) is 26.2 Å². The first kappa shape index (κ1) is 13.3. The minimum Gasteiger partial charge on any atom is -0.494 e. The lowest BCUT2D eigenvalue weighted by Crippen LogP contribution is -2.43. The minimum atomic E-state index is -0.267. The number of nitrogens with one attached hydrogen (secondary N) is 1. The van der Waals surface area contributed by atoms with Gasteiger partial charge in [-0.1, -0.05) is 6.07 Å². The van der Waals surface area contributed by atoms with Crippen molar-refractivity contribution < 1.29 is 9.13 Å². The van der Waals surface area contributed by atoms with Crippen molar-refractivity contribution >= 4 is 0 Å². The zero-order valence-corrected chi connectivity index (χ0v) is 10.9. The summed E-state index contributed by atoms with van der Waals surface area (Å²) in [6, 6.07) is 5.23. The van der Waals surface area contributed by atoms with Crippen LogP contribution in [0.5, 0.6) is 5.75 Å². The molecule has 0 amide bonds. The molecule has 0 atom stereocenters. The van der Waals surface area contributed by atoms with Crippen molar-refractivity contribution in [2.45, 2.75) is 12.8 Å². The highest BCUT2D eigenvalue weighted by Crippen LogP contribution is 2.18. The van der Waals surface area contributed by atoms with Gasteiger partial charge >= 0.3 is 0 Å². The molecule has 1 saturated heterocycles. The molecule has 1 aromatic carbocycles. The van der Waals surface area contributed by atoms with E-state index in [0.717, 1.165) is 51.1 Å². The summed E-state index contributed by atoms with van der Waals surface area (Å²) in [5.74, 6) is 0.0537. The van der Waals surface area contributed by atoms with Crippen LogP contribution in [0.25, 0.3) is 0 Å². The van der Waals surface area contributed by atoms with E-state index < -0.39 is 0 Å². The zero-order chi connectivity index (χ0) is 12.8. The van der Waals surface area contributed by atoms with E-state index in [-0.39, 0.29) is 5.82 Å². The highest BCUT2D eigenvalue weighted by Gasteiger charge is 2.09. The molecule has 1 fully saturated rings. The molecule has 1 aliphatic heterocycles. The average Bonchev–Trinajstić information content (AvgIpc) is 2.40. The van der Waals surface area contributed by atoms with E-state index in [1.54, 1.807) is 12.1 Å². The van der Waals surface area contributed by atoms with E-state index in [9.17, 15) is 4.39 Å². The van der Waals surface area contributed by atoms with Crippen LogP contribution in [0.15, 0.2) is 18.2 Å². The van der Waals surface area contributed by atoms with Gasteiger partial charge in [-0.05, 0) is 37.1 Å². The van der Waals surface area contributed by atoms with E-state index in [1.165, 1.54) is 7.11 Å². The van der Waals surface area contributed by atoms with Gasteiger partial charge in [0.15, 0.2) is 11.6 Å². The molecule has 1 aliphatic rings. The fraction of sp³-hybridized carbons (Fsp3) is 0.571. The quantitative estimate of drug-likeness (QED) is 0.863. The number of aryl methyl sites for hydroxylation is 1. The number of hydrogen-bond acceptors (Lipinski definition) is 3. The number of ether oxygens (including phenoxy) is 1. The molecule has 1 aromatic rings. The first-order chi connectivity index (χ1) is 8.79. The third-order valence-corrected chi connectivity index (χ3v) is 3.37. The summed E-state index contributed by atoms with van der Waals surface area (Å²) in [5.41, 5.74) is 1.04. The van der Waals surface area contributed by atoms with Gasteiger partial charge in [-0.25, -0.2) is 4.39 Å². The van der Waals surface area contributed by atoms with Crippen LogP contribution < -0.4 is 10.1 Å². The van der Waals surface area contributed by atoms with E-state index in [2.05, 4.69) is 10.2 Å². The maximum atomic E-state index is 13.5. The first-order valence-electron chi connectivity index (χ1n) is 6.55. The maximum absolute atomic E-state index is 13.5. The summed E-state index contributed by atoms with van der Waals surface area (Å²) in [6.45, 7) is 5.50. The fourth-order valence-electron chi connectivity index (χ4n) is 2.31. The molecular weight excluding hydrogens is 231 g/mol. The molecule has 0 bridgehead atoms. The Hall–Kier alpha value is -1.13. The van der Waals surface area contributed by atoms with Gasteiger partial charge in [0.05, 0.1) is 7.11 Å². The summed E-state index contributed by atoms with van der Waals surface area (Å²) >= 11 is 0. The van der Waals surface area contributed by atoms with Crippen molar-refractivity contribution in [3.05, 3.63) is 29.6 Å². The molecule has 100 valence electrons. The predicted molar refractivity (Wildman–Crippen MR) is 70.6 cm³/mol. The average molecular weight is 252 g/mol. The largest absolute Gasteiger partial charge is 0.494 e. The van der Waals surface area contributed by atoms with E-state index in [0.29, 0.717) is 5.75 Å². The number of piperazine rings is 1. The van der Waals surface area contributed by atoms with Gasteiger partial charge in [0.2, 0.25) is 0 Å². The highest BCUT2D eigenvalue weighted by atomic mass is 19.1.